The van der Waals surface area contributed by atoms with Crippen molar-refractivity contribution in [2.45, 2.75) is 0 Å². The highest BCUT2D eigenvalue weighted by molar-refractivity contribution is 9.10. The molecule has 1 aliphatic heterocycles. The van der Waals surface area contributed by atoms with Crippen molar-refractivity contribution in [3.8, 4) is 0 Å². The van der Waals surface area contributed by atoms with Crippen LogP contribution in [0.15, 0.2) is 69.8 Å². The zero-order valence-corrected chi connectivity index (χ0v) is 14.3. The average molecular weight is 399 g/mol. The molecule has 0 amide bonds. The number of benzene rings is 2. The van der Waals surface area contributed by atoms with E-state index in [-0.39, 0.29) is 17.3 Å². The highest BCUT2D eigenvalue weighted by Gasteiger charge is 2.21. The van der Waals surface area contributed by atoms with Crippen LogP contribution in [0.25, 0.3) is 12.2 Å². The molecule has 0 unspecified atom stereocenters. The third-order valence-corrected chi connectivity index (χ3v) is 3.84. The molecular weight excluding hydrogens is 388 g/mol. The van der Waals surface area contributed by atoms with Crippen molar-refractivity contribution >= 4 is 45.6 Å². The topological polar surface area (TPSA) is 81.8 Å². The van der Waals surface area contributed by atoms with Crippen LogP contribution in [0, 0.1) is 10.1 Å². The largest absolute Gasteiger partial charge is 0.403 e. The Kier molecular flexibility index (Phi) is 4.85. The van der Waals surface area contributed by atoms with Crippen LogP contribution in [0.1, 0.15) is 11.1 Å². The van der Waals surface area contributed by atoms with E-state index in [1.54, 1.807) is 24.3 Å². The Bertz CT molecular complexity index is 930. The lowest BCUT2D eigenvalue weighted by Gasteiger charge is -1.95. The molecule has 0 saturated carbocycles. The molecule has 6 nitrogen and oxygen atoms in total. The minimum atomic E-state index is -0.540. The first-order valence-electron chi connectivity index (χ1n) is 7.22. The van der Waals surface area contributed by atoms with Crippen LogP contribution in [-0.4, -0.2) is 16.8 Å². The van der Waals surface area contributed by atoms with Crippen molar-refractivity contribution in [2.24, 2.45) is 4.99 Å². The SMILES string of the molecule is O=C1OC(C=Cc2cccc([N+](=O)[O-])c2)=NC1=Cc1ccc(Br)cc1. The van der Waals surface area contributed by atoms with E-state index in [2.05, 4.69) is 20.9 Å². The summed E-state index contributed by atoms with van der Waals surface area (Å²) < 4.78 is 6.02. The standard InChI is InChI=1S/C18H11BrN2O4/c19-14-7-4-13(5-8-14)11-16-18(22)25-17(20-16)9-6-12-2-1-3-15(10-12)21(23)24/h1-11H. The Morgan fingerprint density at radius 3 is 2.56 bits per heavy atom. The Morgan fingerprint density at radius 1 is 1.08 bits per heavy atom. The number of ether oxygens (including phenoxy) is 1. The lowest BCUT2D eigenvalue weighted by atomic mass is 10.2. The Morgan fingerprint density at radius 2 is 1.84 bits per heavy atom. The molecule has 3 rings (SSSR count). The third kappa shape index (κ3) is 4.27. The van der Waals surface area contributed by atoms with Gasteiger partial charge in [0.05, 0.1) is 4.92 Å². The van der Waals surface area contributed by atoms with Crippen LogP contribution in [-0.2, 0) is 9.53 Å². The monoisotopic (exact) mass is 398 g/mol. The number of cyclic esters (lactones) is 1. The van der Waals surface area contributed by atoms with Crippen LogP contribution in [0.5, 0.6) is 0 Å². The molecule has 0 fully saturated rings. The van der Waals surface area contributed by atoms with E-state index in [0.29, 0.717) is 5.56 Å². The van der Waals surface area contributed by atoms with Crippen molar-refractivity contribution in [1.29, 1.82) is 0 Å². The maximum absolute atomic E-state index is 11.9. The van der Waals surface area contributed by atoms with Crippen LogP contribution in [0.2, 0.25) is 0 Å². The first-order chi connectivity index (χ1) is 12.0. The van der Waals surface area contributed by atoms with E-state index in [0.717, 1.165) is 10.0 Å². The van der Waals surface area contributed by atoms with Gasteiger partial charge in [0, 0.05) is 22.7 Å². The smallest absolute Gasteiger partial charge is 0.363 e. The molecule has 1 aliphatic rings. The zero-order valence-electron chi connectivity index (χ0n) is 12.8. The summed E-state index contributed by atoms with van der Waals surface area (Å²) >= 11 is 3.35. The Hall–Kier alpha value is -3.06. The van der Waals surface area contributed by atoms with E-state index in [9.17, 15) is 14.9 Å². The maximum atomic E-state index is 11.9. The molecule has 0 spiro atoms. The Balaban J connectivity index is 1.79. The number of nitro groups is 1. The molecule has 0 saturated heterocycles. The van der Waals surface area contributed by atoms with E-state index in [1.807, 2.05) is 24.3 Å². The highest BCUT2D eigenvalue weighted by Crippen LogP contribution is 2.19. The van der Waals surface area contributed by atoms with Crippen LogP contribution >= 0.6 is 15.9 Å². The van der Waals surface area contributed by atoms with Gasteiger partial charge in [-0.15, -0.1) is 0 Å². The van der Waals surface area contributed by atoms with Gasteiger partial charge in [0.15, 0.2) is 5.70 Å². The van der Waals surface area contributed by atoms with E-state index < -0.39 is 10.9 Å². The number of carbonyl (C=O) groups is 1. The summed E-state index contributed by atoms with van der Waals surface area (Å²) in [6.07, 6.45) is 4.73. The highest BCUT2D eigenvalue weighted by atomic mass is 79.9. The molecule has 2 aromatic rings. The van der Waals surface area contributed by atoms with Crippen LogP contribution in [0.3, 0.4) is 0 Å². The number of nitro benzene ring substituents is 1. The van der Waals surface area contributed by atoms with Crippen molar-refractivity contribution < 1.29 is 14.5 Å². The lowest BCUT2D eigenvalue weighted by Crippen LogP contribution is -2.01. The number of rotatable bonds is 4. The van der Waals surface area contributed by atoms with E-state index in [4.69, 9.17) is 4.74 Å². The fourth-order valence-corrected chi connectivity index (χ4v) is 2.39. The molecule has 0 aliphatic carbocycles. The molecule has 0 aromatic heterocycles. The molecule has 0 bridgehead atoms. The number of hydrogen-bond donors (Lipinski definition) is 0. The summed E-state index contributed by atoms with van der Waals surface area (Å²) in [6, 6.07) is 13.5. The number of nitrogens with zero attached hydrogens (tertiary/aromatic N) is 2. The summed E-state index contributed by atoms with van der Waals surface area (Å²) in [4.78, 5) is 26.3. The molecule has 1 heterocycles. The minimum Gasteiger partial charge on any atom is -0.403 e. The molecule has 0 N–H and O–H groups in total. The summed E-state index contributed by atoms with van der Waals surface area (Å²) in [5, 5.41) is 10.8. The summed E-state index contributed by atoms with van der Waals surface area (Å²) in [7, 11) is 0. The van der Waals surface area contributed by atoms with Gasteiger partial charge in [-0.05, 0) is 35.4 Å². The van der Waals surface area contributed by atoms with Crippen LogP contribution in [0.4, 0.5) is 5.69 Å². The zero-order chi connectivity index (χ0) is 17.8. The predicted octanol–water partition coefficient (Wildman–Crippen LogP) is 4.37. The van der Waals surface area contributed by atoms with Gasteiger partial charge >= 0.3 is 5.97 Å². The first kappa shape index (κ1) is 16.8. The number of hydrogen-bond acceptors (Lipinski definition) is 5. The normalized spacial score (nSPS) is 15.5. The van der Waals surface area contributed by atoms with E-state index in [1.165, 1.54) is 18.2 Å². The fourth-order valence-electron chi connectivity index (χ4n) is 2.12. The number of carbonyl (C=O) groups excluding carboxylic acids is 1. The quantitative estimate of drug-likeness (QED) is 0.331. The second-order valence-electron chi connectivity index (χ2n) is 5.11. The second kappa shape index (κ2) is 7.23. The second-order valence-corrected chi connectivity index (χ2v) is 6.02. The van der Waals surface area contributed by atoms with Gasteiger partial charge in [-0.2, -0.15) is 0 Å². The number of esters is 1. The van der Waals surface area contributed by atoms with Gasteiger partial charge in [0.2, 0.25) is 5.90 Å². The van der Waals surface area contributed by atoms with Gasteiger partial charge in [-0.25, -0.2) is 9.79 Å². The number of halogens is 1. The maximum Gasteiger partial charge on any atom is 0.363 e. The Labute approximate surface area is 151 Å². The molecule has 25 heavy (non-hydrogen) atoms. The first-order valence-corrected chi connectivity index (χ1v) is 8.01. The minimum absolute atomic E-state index is 0.0108. The third-order valence-electron chi connectivity index (χ3n) is 3.31. The van der Waals surface area contributed by atoms with Gasteiger partial charge in [-0.3, -0.25) is 10.1 Å². The van der Waals surface area contributed by atoms with E-state index >= 15 is 0 Å². The molecule has 2 aromatic carbocycles. The number of non-ortho nitro benzene ring substituents is 1. The van der Waals surface area contributed by atoms with Gasteiger partial charge < -0.3 is 4.74 Å². The van der Waals surface area contributed by atoms with Gasteiger partial charge in [0.1, 0.15) is 0 Å². The fraction of sp³-hybridized carbons (Fsp3) is 0. The average Bonchev–Trinajstić information content (AvgIpc) is 2.95. The molecule has 7 heteroatoms. The summed E-state index contributed by atoms with van der Waals surface area (Å²) in [5.74, 6) is -0.401. The molecular formula is C18H11BrN2O4. The van der Waals surface area contributed by atoms with Crippen LogP contribution < -0.4 is 0 Å². The van der Waals surface area contributed by atoms with Gasteiger partial charge in [-0.1, -0.05) is 40.2 Å². The summed E-state index contributed by atoms with van der Waals surface area (Å²) in [6.45, 7) is 0. The molecule has 124 valence electrons. The predicted molar refractivity (Wildman–Crippen MR) is 97.8 cm³/mol. The van der Waals surface area contributed by atoms with Crippen molar-refractivity contribution in [1.82, 2.24) is 0 Å². The molecule has 0 atom stereocenters. The van der Waals surface area contributed by atoms with Crippen molar-refractivity contribution in [2.75, 3.05) is 0 Å². The van der Waals surface area contributed by atoms with Crippen molar-refractivity contribution in [3.63, 3.8) is 0 Å². The summed E-state index contributed by atoms with van der Waals surface area (Å²) in [5.41, 5.74) is 1.62. The number of aliphatic imine (C=N–C) groups is 1. The van der Waals surface area contributed by atoms with Gasteiger partial charge in [0.25, 0.3) is 5.69 Å². The lowest BCUT2D eigenvalue weighted by molar-refractivity contribution is -0.384. The van der Waals surface area contributed by atoms with Crippen molar-refractivity contribution in [3.05, 3.63) is 86.0 Å². The molecule has 0 radical (unpaired) electrons.